The van der Waals surface area contributed by atoms with E-state index in [2.05, 4.69) is 30.8 Å². The average Bonchev–Trinajstić information content (AvgIpc) is 2.81. The summed E-state index contributed by atoms with van der Waals surface area (Å²) >= 11 is 9.21. The summed E-state index contributed by atoms with van der Waals surface area (Å²) in [6.07, 6.45) is 1.66. The van der Waals surface area contributed by atoms with Crippen LogP contribution in [0.1, 0.15) is 0 Å². The van der Waals surface area contributed by atoms with Crippen LogP contribution in [0.2, 0.25) is 5.02 Å². The minimum Gasteiger partial charge on any atom is -0.268 e. The van der Waals surface area contributed by atoms with Crippen LogP contribution in [-0.2, 0) is 10.0 Å². The standard InChI is InChI=1S/C12H8BrClN4O2S/c13-8-4-5-10(9(14)7-8)21(19,20)17-12-16-15-11-3-1-2-6-18(11)12/h1-7H,(H,16,17). The number of hydrogen-bond donors (Lipinski definition) is 1. The number of anilines is 1. The van der Waals surface area contributed by atoms with Crippen molar-refractivity contribution in [1.29, 1.82) is 0 Å². The summed E-state index contributed by atoms with van der Waals surface area (Å²) in [6.45, 7) is 0. The fourth-order valence-corrected chi connectivity index (χ4v) is 3.81. The number of fused-ring (bicyclic) bond motifs is 1. The molecule has 108 valence electrons. The van der Waals surface area contributed by atoms with E-state index in [0.29, 0.717) is 10.1 Å². The van der Waals surface area contributed by atoms with Gasteiger partial charge in [0.1, 0.15) is 4.90 Å². The van der Waals surface area contributed by atoms with Gasteiger partial charge in [-0.15, -0.1) is 10.2 Å². The Labute approximate surface area is 133 Å². The van der Waals surface area contributed by atoms with Crippen molar-refractivity contribution >= 4 is 49.1 Å². The van der Waals surface area contributed by atoms with Gasteiger partial charge in [-0.3, -0.25) is 4.40 Å². The molecule has 0 aliphatic carbocycles. The molecule has 0 radical (unpaired) electrons. The van der Waals surface area contributed by atoms with Crippen molar-refractivity contribution in [3.8, 4) is 0 Å². The van der Waals surface area contributed by atoms with Gasteiger partial charge >= 0.3 is 0 Å². The van der Waals surface area contributed by atoms with E-state index in [9.17, 15) is 8.42 Å². The van der Waals surface area contributed by atoms with E-state index >= 15 is 0 Å². The van der Waals surface area contributed by atoms with Gasteiger partial charge in [-0.1, -0.05) is 33.6 Å². The third-order valence-electron chi connectivity index (χ3n) is 2.72. The third-order valence-corrected chi connectivity index (χ3v) is 5.03. The maximum absolute atomic E-state index is 12.4. The predicted molar refractivity (Wildman–Crippen MR) is 82.9 cm³/mol. The summed E-state index contributed by atoms with van der Waals surface area (Å²) in [5.74, 6) is 0.101. The average molecular weight is 388 g/mol. The number of aromatic nitrogens is 3. The van der Waals surface area contributed by atoms with Crippen LogP contribution in [0.15, 0.2) is 52.0 Å². The lowest BCUT2D eigenvalue weighted by atomic mass is 10.4. The first-order chi connectivity index (χ1) is 9.97. The number of hydrogen-bond acceptors (Lipinski definition) is 4. The van der Waals surface area contributed by atoms with Crippen LogP contribution in [-0.4, -0.2) is 23.0 Å². The molecule has 0 unspecified atom stereocenters. The first-order valence-corrected chi connectivity index (χ1v) is 8.40. The molecule has 0 spiro atoms. The monoisotopic (exact) mass is 386 g/mol. The topological polar surface area (TPSA) is 76.4 Å². The lowest BCUT2D eigenvalue weighted by Gasteiger charge is -2.08. The van der Waals surface area contributed by atoms with Gasteiger partial charge in [-0.05, 0) is 30.3 Å². The van der Waals surface area contributed by atoms with Crippen molar-refractivity contribution in [3.05, 3.63) is 52.1 Å². The molecule has 21 heavy (non-hydrogen) atoms. The van der Waals surface area contributed by atoms with Crippen LogP contribution < -0.4 is 4.72 Å². The molecule has 1 N–H and O–H groups in total. The number of halogens is 2. The zero-order chi connectivity index (χ0) is 15.0. The number of benzene rings is 1. The summed E-state index contributed by atoms with van der Waals surface area (Å²) in [4.78, 5) is -0.0277. The molecule has 0 saturated carbocycles. The van der Waals surface area contributed by atoms with Crippen molar-refractivity contribution in [3.63, 3.8) is 0 Å². The highest BCUT2D eigenvalue weighted by molar-refractivity contribution is 9.10. The number of sulfonamides is 1. The molecule has 0 aliphatic heterocycles. The Hall–Kier alpha value is -1.64. The Balaban J connectivity index is 2.03. The van der Waals surface area contributed by atoms with Gasteiger partial charge in [0.15, 0.2) is 5.65 Å². The van der Waals surface area contributed by atoms with Crippen molar-refractivity contribution < 1.29 is 8.42 Å². The molecule has 0 saturated heterocycles. The molecular weight excluding hydrogens is 380 g/mol. The van der Waals surface area contributed by atoms with Crippen LogP contribution in [0.4, 0.5) is 5.95 Å². The molecular formula is C12H8BrClN4O2S. The maximum atomic E-state index is 12.4. The molecule has 0 bridgehead atoms. The lowest BCUT2D eigenvalue weighted by Crippen LogP contribution is -2.15. The normalized spacial score (nSPS) is 11.7. The van der Waals surface area contributed by atoms with Crippen molar-refractivity contribution in [1.82, 2.24) is 14.6 Å². The second-order valence-corrected chi connectivity index (χ2v) is 7.11. The predicted octanol–water partition coefficient (Wildman–Crippen LogP) is 2.95. The Kier molecular flexibility index (Phi) is 3.60. The smallest absolute Gasteiger partial charge is 0.265 e. The first-order valence-electron chi connectivity index (χ1n) is 5.75. The largest absolute Gasteiger partial charge is 0.268 e. The fourth-order valence-electron chi connectivity index (χ4n) is 1.78. The van der Waals surface area contributed by atoms with Crippen LogP contribution >= 0.6 is 27.5 Å². The second kappa shape index (κ2) is 5.28. The molecule has 3 aromatic rings. The molecule has 6 nitrogen and oxygen atoms in total. The number of nitrogens with zero attached hydrogens (tertiary/aromatic N) is 3. The van der Waals surface area contributed by atoms with Gasteiger partial charge < -0.3 is 0 Å². The molecule has 9 heteroatoms. The van der Waals surface area contributed by atoms with E-state index in [1.54, 1.807) is 30.5 Å². The molecule has 0 atom stereocenters. The molecule has 3 rings (SSSR count). The van der Waals surface area contributed by atoms with Gasteiger partial charge in [0.05, 0.1) is 5.02 Å². The van der Waals surface area contributed by atoms with E-state index in [4.69, 9.17) is 11.6 Å². The SMILES string of the molecule is O=S(=O)(Nc1nnc2ccccn12)c1ccc(Br)cc1Cl. The Morgan fingerprint density at radius 2 is 2.00 bits per heavy atom. The zero-order valence-electron chi connectivity index (χ0n) is 10.4. The van der Waals surface area contributed by atoms with Gasteiger partial charge in [0, 0.05) is 10.7 Å². The molecule has 0 fully saturated rings. The van der Waals surface area contributed by atoms with Gasteiger partial charge in [-0.25, -0.2) is 13.1 Å². The molecule has 0 amide bonds. The minimum atomic E-state index is -3.85. The van der Waals surface area contributed by atoms with Crippen molar-refractivity contribution in [2.75, 3.05) is 4.72 Å². The number of rotatable bonds is 3. The lowest BCUT2D eigenvalue weighted by molar-refractivity contribution is 0.600. The Morgan fingerprint density at radius 1 is 1.19 bits per heavy atom. The molecule has 2 aromatic heterocycles. The quantitative estimate of drug-likeness (QED) is 0.749. The van der Waals surface area contributed by atoms with Crippen LogP contribution in [0.25, 0.3) is 5.65 Å². The summed E-state index contributed by atoms with van der Waals surface area (Å²) in [5, 5.41) is 7.82. The van der Waals surface area contributed by atoms with E-state index in [1.165, 1.54) is 16.5 Å². The Morgan fingerprint density at radius 3 is 2.76 bits per heavy atom. The summed E-state index contributed by atoms with van der Waals surface area (Å²) in [7, 11) is -3.85. The summed E-state index contributed by atoms with van der Waals surface area (Å²) in [5.41, 5.74) is 0.539. The number of pyridine rings is 1. The first kappa shape index (κ1) is 14.3. The molecule has 0 aliphatic rings. The van der Waals surface area contributed by atoms with E-state index in [0.717, 1.165) is 0 Å². The van der Waals surface area contributed by atoms with Crippen LogP contribution in [0, 0.1) is 0 Å². The highest BCUT2D eigenvalue weighted by Crippen LogP contribution is 2.26. The zero-order valence-corrected chi connectivity index (χ0v) is 13.5. The van der Waals surface area contributed by atoms with Gasteiger partial charge in [0.25, 0.3) is 10.0 Å². The van der Waals surface area contributed by atoms with Gasteiger partial charge in [-0.2, -0.15) is 0 Å². The van der Waals surface area contributed by atoms with Crippen molar-refractivity contribution in [2.24, 2.45) is 0 Å². The van der Waals surface area contributed by atoms with Crippen LogP contribution in [0.5, 0.6) is 0 Å². The van der Waals surface area contributed by atoms with E-state index < -0.39 is 10.0 Å². The maximum Gasteiger partial charge on any atom is 0.265 e. The van der Waals surface area contributed by atoms with Crippen LogP contribution in [0.3, 0.4) is 0 Å². The summed E-state index contributed by atoms with van der Waals surface area (Å²) in [6, 6.07) is 9.78. The Bertz CT molecular complexity index is 926. The minimum absolute atomic E-state index is 0.0277. The summed E-state index contributed by atoms with van der Waals surface area (Å²) < 4.78 is 29.4. The molecule has 1 aromatic carbocycles. The highest BCUT2D eigenvalue weighted by Gasteiger charge is 2.20. The molecule has 2 heterocycles. The third kappa shape index (κ3) is 2.74. The fraction of sp³-hybridized carbons (Fsp3) is 0. The van der Waals surface area contributed by atoms with E-state index in [1.807, 2.05) is 0 Å². The van der Waals surface area contributed by atoms with E-state index in [-0.39, 0.29) is 15.9 Å². The second-order valence-electron chi connectivity index (χ2n) is 4.13. The van der Waals surface area contributed by atoms with Crippen molar-refractivity contribution in [2.45, 2.75) is 4.90 Å². The number of nitrogens with one attached hydrogen (secondary N) is 1. The highest BCUT2D eigenvalue weighted by atomic mass is 79.9. The van der Waals surface area contributed by atoms with Gasteiger partial charge in [0.2, 0.25) is 5.95 Å².